The van der Waals surface area contributed by atoms with Crippen molar-refractivity contribution in [2.45, 2.75) is 56.1 Å². The molecule has 7 heteroatoms. The third-order valence-corrected chi connectivity index (χ3v) is 3.84. The number of hydrogen-bond donors (Lipinski definition) is 2. The summed E-state index contributed by atoms with van der Waals surface area (Å²) in [6.45, 7) is 4.45. The average molecular weight is 270 g/mol. The van der Waals surface area contributed by atoms with E-state index in [2.05, 4.69) is 15.5 Å². The molecule has 6 nitrogen and oxygen atoms in total. The van der Waals surface area contributed by atoms with Crippen LogP contribution in [0.5, 0.6) is 0 Å². The lowest BCUT2D eigenvalue weighted by atomic mass is 10.4. The molecule has 2 rings (SSSR count). The molecule has 100 valence electrons. The molecule has 1 fully saturated rings. The molecule has 0 radical (unpaired) electrons. The lowest BCUT2D eigenvalue weighted by Gasteiger charge is -2.11. The molecule has 1 aliphatic carbocycles. The molecule has 0 spiro atoms. The Labute approximate surface area is 110 Å². The lowest BCUT2D eigenvalue weighted by molar-refractivity contribution is -0.120. The first-order chi connectivity index (χ1) is 8.61. The van der Waals surface area contributed by atoms with Crippen LogP contribution in [0.2, 0.25) is 0 Å². The maximum absolute atomic E-state index is 11.8. The summed E-state index contributed by atoms with van der Waals surface area (Å²) in [6, 6.07) is 0.359. The number of carbonyl (C=O) groups is 1. The van der Waals surface area contributed by atoms with Gasteiger partial charge in [-0.05, 0) is 26.2 Å². The molecule has 0 unspecified atom stereocenters. The van der Waals surface area contributed by atoms with Gasteiger partial charge in [0.15, 0.2) is 5.16 Å². The Balaban J connectivity index is 1.98. The van der Waals surface area contributed by atoms with Crippen molar-refractivity contribution in [1.29, 1.82) is 0 Å². The summed E-state index contributed by atoms with van der Waals surface area (Å²) in [5.74, 6) is 0.0148. The minimum Gasteiger partial charge on any atom is -0.352 e. The second kappa shape index (κ2) is 5.60. The summed E-state index contributed by atoms with van der Waals surface area (Å²) in [5.41, 5.74) is -0.214. The molecule has 0 bridgehead atoms. The number of H-pyrrole nitrogens is 1. The largest absolute Gasteiger partial charge is 0.352 e. The van der Waals surface area contributed by atoms with Crippen molar-refractivity contribution < 1.29 is 4.79 Å². The normalized spacial score (nSPS) is 16.6. The van der Waals surface area contributed by atoms with E-state index >= 15 is 0 Å². The van der Waals surface area contributed by atoms with Crippen LogP contribution < -0.4 is 11.0 Å². The number of aromatic amines is 1. The topological polar surface area (TPSA) is 79.8 Å². The Morgan fingerprint density at radius 1 is 1.67 bits per heavy atom. The number of carbonyl (C=O) groups excluding carboxylic acids is 1. The number of rotatable bonds is 6. The Bertz CT molecular complexity index is 478. The van der Waals surface area contributed by atoms with E-state index in [9.17, 15) is 9.59 Å². The van der Waals surface area contributed by atoms with Gasteiger partial charge < -0.3 is 5.32 Å². The standard InChI is InChI=1S/C11H18N4O2S/c1-3-6-15-10(17)13-14-11(15)18-7(2)9(16)12-8-4-5-8/h7-8H,3-6H2,1-2H3,(H,12,16)(H,13,17)/t7-/m0/s1. The average Bonchev–Trinajstić information content (AvgIpc) is 3.09. The number of aromatic nitrogens is 3. The zero-order valence-electron chi connectivity index (χ0n) is 10.6. The predicted octanol–water partition coefficient (Wildman–Crippen LogP) is 0.741. The van der Waals surface area contributed by atoms with Crippen molar-refractivity contribution in [1.82, 2.24) is 20.1 Å². The molecule has 2 N–H and O–H groups in total. The van der Waals surface area contributed by atoms with Crippen molar-refractivity contribution in [2.24, 2.45) is 0 Å². The van der Waals surface area contributed by atoms with E-state index in [1.165, 1.54) is 11.8 Å². The van der Waals surface area contributed by atoms with Crippen LogP contribution in [0.25, 0.3) is 0 Å². The SMILES string of the molecule is CCCn1c(S[C@@H](C)C(=O)NC2CC2)n[nH]c1=O. The van der Waals surface area contributed by atoms with E-state index in [4.69, 9.17) is 0 Å². The highest BCUT2D eigenvalue weighted by molar-refractivity contribution is 8.00. The fourth-order valence-electron chi connectivity index (χ4n) is 1.57. The Morgan fingerprint density at radius 3 is 3.00 bits per heavy atom. The van der Waals surface area contributed by atoms with Crippen molar-refractivity contribution in [2.75, 3.05) is 0 Å². The van der Waals surface area contributed by atoms with Crippen molar-refractivity contribution in [3.63, 3.8) is 0 Å². The first-order valence-corrected chi connectivity index (χ1v) is 7.12. The van der Waals surface area contributed by atoms with Crippen LogP contribution in [-0.2, 0) is 11.3 Å². The molecule has 18 heavy (non-hydrogen) atoms. The van der Waals surface area contributed by atoms with E-state index in [0.29, 0.717) is 17.7 Å². The first-order valence-electron chi connectivity index (χ1n) is 6.24. The van der Waals surface area contributed by atoms with Gasteiger partial charge in [-0.2, -0.15) is 0 Å². The van der Waals surface area contributed by atoms with Gasteiger partial charge in [-0.1, -0.05) is 18.7 Å². The highest BCUT2D eigenvalue weighted by Gasteiger charge is 2.26. The summed E-state index contributed by atoms with van der Waals surface area (Å²) in [6.07, 6.45) is 3.01. The minimum atomic E-state index is -0.239. The van der Waals surface area contributed by atoms with Crippen LogP contribution in [0.4, 0.5) is 0 Å². The number of thioether (sulfide) groups is 1. The molecule has 1 amide bonds. The van der Waals surface area contributed by atoms with Crippen molar-refractivity contribution in [3.8, 4) is 0 Å². The molecule has 0 aromatic carbocycles. The molecule has 0 saturated heterocycles. The third-order valence-electron chi connectivity index (χ3n) is 2.75. The molecule has 1 aliphatic rings. The van der Waals surface area contributed by atoms with E-state index in [0.717, 1.165) is 19.3 Å². The van der Waals surface area contributed by atoms with Gasteiger partial charge in [-0.3, -0.25) is 9.36 Å². The second-order valence-corrected chi connectivity index (χ2v) is 5.81. The zero-order chi connectivity index (χ0) is 13.1. The molecule has 0 aliphatic heterocycles. The summed E-state index contributed by atoms with van der Waals surface area (Å²) in [4.78, 5) is 23.3. The quantitative estimate of drug-likeness (QED) is 0.747. The van der Waals surface area contributed by atoms with E-state index < -0.39 is 0 Å². The fraction of sp³-hybridized carbons (Fsp3) is 0.727. The maximum atomic E-state index is 11.8. The van der Waals surface area contributed by atoms with Crippen LogP contribution in [0.3, 0.4) is 0 Å². The van der Waals surface area contributed by atoms with Crippen LogP contribution in [0, 0.1) is 0 Å². The van der Waals surface area contributed by atoms with E-state index in [1.54, 1.807) is 4.57 Å². The number of nitrogens with zero attached hydrogens (tertiary/aromatic N) is 2. The molecule has 1 heterocycles. The van der Waals surface area contributed by atoms with Crippen LogP contribution >= 0.6 is 11.8 Å². The van der Waals surface area contributed by atoms with Crippen molar-refractivity contribution in [3.05, 3.63) is 10.5 Å². The molecule has 1 aromatic heterocycles. The fourth-order valence-corrected chi connectivity index (χ4v) is 2.46. The predicted molar refractivity (Wildman–Crippen MR) is 69.6 cm³/mol. The first kappa shape index (κ1) is 13.2. The maximum Gasteiger partial charge on any atom is 0.343 e. The van der Waals surface area contributed by atoms with Gasteiger partial charge in [0.2, 0.25) is 5.91 Å². The summed E-state index contributed by atoms with van der Waals surface area (Å²) >= 11 is 1.32. The highest BCUT2D eigenvalue weighted by atomic mass is 32.2. The van der Waals surface area contributed by atoms with Gasteiger partial charge in [0.1, 0.15) is 0 Å². The Kier molecular flexibility index (Phi) is 4.11. The van der Waals surface area contributed by atoms with Crippen LogP contribution in [0.1, 0.15) is 33.1 Å². The van der Waals surface area contributed by atoms with Crippen LogP contribution in [-0.4, -0.2) is 32.0 Å². The Morgan fingerprint density at radius 2 is 2.39 bits per heavy atom. The molecule has 1 saturated carbocycles. The minimum absolute atomic E-state index is 0.0148. The lowest BCUT2D eigenvalue weighted by Crippen LogP contribution is -2.32. The van der Waals surface area contributed by atoms with Crippen molar-refractivity contribution >= 4 is 17.7 Å². The number of amides is 1. The molecule has 1 aromatic rings. The summed E-state index contributed by atoms with van der Waals surface area (Å²) in [7, 11) is 0. The monoisotopic (exact) mass is 270 g/mol. The van der Waals surface area contributed by atoms with Gasteiger partial charge in [0, 0.05) is 12.6 Å². The zero-order valence-corrected chi connectivity index (χ0v) is 11.4. The molecule has 1 atom stereocenters. The second-order valence-electron chi connectivity index (χ2n) is 4.51. The van der Waals surface area contributed by atoms with Crippen LogP contribution in [0.15, 0.2) is 9.95 Å². The van der Waals surface area contributed by atoms with Gasteiger partial charge in [0.05, 0.1) is 5.25 Å². The van der Waals surface area contributed by atoms with Gasteiger partial charge in [0.25, 0.3) is 0 Å². The van der Waals surface area contributed by atoms with Gasteiger partial charge in [-0.15, -0.1) is 5.10 Å². The van der Waals surface area contributed by atoms with Gasteiger partial charge in [-0.25, -0.2) is 9.89 Å². The highest BCUT2D eigenvalue weighted by Crippen LogP contribution is 2.23. The van der Waals surface area contributed by atoms with Gasteiger partial charge >= 0.3 is 5.69 Å². The summed E-state index contributed by atoms with van der Waals surface area (Å²) in [5, 5.41) is 9.68. The van der Waals surface area contributed by atoms with E-state index in [-0.39, 0.29) is 16.8 Å². The number of nitrogens with one attached hydrogen (secondary N) is 2. The summed E-state index contributed by atoms with van der Waals surface area (Å²) < 4.78 is 1.57. The smallest absolute Gasteiger partial charge is 0.343 e. The molecular weight excluding hydrogens is 252 g/mol. The molecular formula is C11H18N4O2S. The van der Waals surface area contributed by atoms with E-state index in [1.807, 2.05) is 13.8 Å². The third kappa shape index (κ3) is 3.16. The Hall–Kier alpha value is -1.24. The number of hydrogen-bond acceptors (Lipinski definition) is 4.